The molecule has 5 heteroatoms. The Bertz CT molecular complexity index is 3620. The lowest BCUT2D eigenvalue weighted by Gasteiger charge is -2.30. The maximum atomic E-state index is 6.68. The molecule has 11 aromatic carbocycles. The van der Waals surface area contributed by atoms with E-state index in [1.807, 2.05) is 30.3 Å². The minimum atomic E-state index is 0.609. The van der Waals surface area contributed by atoms with Crippen LogP contribution in [0.1, 0.15) is 0 Å². The molecular weight excluding hydrogens is 829 g/mol. The van der Waals surface area contributed by atoms with Gasteiger partial charge in [0, 0.05) is 62.1 Å². The molecule has 0 radical (unpaired) electrons. The summed E-state index contributed by atoms with van der Waals surface area (Å²) in [6.07, 6.45) is 0. The molecule has 68 heavy (non-hydrogen) atoms. The second kappa shape index (κ2) is 17.7. The van der Waals surface area contributed by atoms with Crippen molar-refractivity contribution < 1.29 is 4.42 Å². The zero-order valence-electron chi connectivity index (χ0n) is 37.1. The molecule has 0 bridgehead atoms. The van der Waals surface area contributed by atoms with Gasteiger partial charge in [-0.3, -0.25) is 0 Å². The van der Waals surface area contributed by atoms with Crippen LogP contribution in [0.25, 0.3) is 55.2 Å². The van der Waals surface area contributed by atoms with Crippen molar-refractivity contribution >= 4 is 83.8 Å². The number of hydrogen-bond donors (Lipinski definition) is 0. The van der Waals surface area contributed by atoms with Crippen LogP contribution in [0.3, 0.4) is 0 Å². The van der Waals surface area contributed by atoms with Crippen LogP contribution in [0.2, 0.25) is 0 Å². The third kappa shape index (κ3) is 7.68. The molecule has 1 heterocycles. The third-order valence-electron chi connectivity index (χ3n) is 12.6. The largest absolute Gasteiger partial charge is 0.435 e. The van der Waals surface area contributed by atoms with Gasteiger partial charge in [0.05, 0.1) is 0 Å². The van der Waals surface area contributed by atoms with Crippen LogP contribution in [0.5, 0.6) is 0 Å². The van der Waals surface area contributed by atoms with Gasteiger partial charge in [-0.1, -0.05) is 146 Å². The summed E-state index contributed by atoms with van der Waals surface area (Å²) < 4.78 is 6.68. The summed E-state index contributed by atoms with van der Waals surface area (Å²) in [5, 5.41) is 4.33. The quantitative estimate of drug-likeness (QED) is 0.121. The normalized spacial score (nSPS) is 11.2. The predicted molar refractivity (Wildman–Crippen MR) is 284 cm³/mol. The summed E-state index contributed by atoms with van der Waals surface area (Å²) in [6, 6.07) is 94.3. The average molecular weight is 873 g/mol. The van der Waals surface area contributed by atoms with Crippen LogP contribution in [0.4, 0.5) is 51.2 Å². The highest BCUT2D eigenvalue weighted by atomic mass is 16.3. The van der Waals surface area contributed by atoms with Crippen molar-refractivity contribution in [2.75, 3.05) is 14.7 Å². The molecule has 0 N–H and O–H groups in total. The molecule has 0 saturated carbocycles. The molecule has 0 amide bonds. The number of benzene rings is 11. The van der Waals surface area contributed by atoms with Gasteiger partial charge in [0.1, 0.15) is 5.52 Å². The molecule has 0 unspecified atom stereocenters. The molecule has 5 nitrogen and oxygen atoms in total. The first kappa shape index (κ1) is 40.3. The van der Waals surface area contributed by atoms with Crippen LogP contribution in [0.15, 0.2) is 271 Å². The Morgan fingerprint density at radius 3 is 1.21 bits per heavy atom. The summed E-state index contributed by atoms with van der Waals surface area (Å²) in [5.41, 5.74) is 14.3. The minimum absolute atomic E-state index is 0.609. The lowest BCUT2D eigenvalue weighted by molar-refractivity contribution is 0.623. The van der Waals surface area contributed by atoms with Gasteiger partial charge in [-0.2, -0.15) is 0 Å². The lowest BCUT2D eigenvalue weighted by atomic mass is 10.00. The van der Waals surface area contributed by atoms with E-state index in [4.69, 9.17) is 9.40 Å². The van der Waals surface area contributed by atoms with Gasteiger partial charge in [0.15, 0.2) is 5.58 Å². The first-order chi connectivity index (χ1) is 33.7. The fraction of sp³-hybridized carbons (Fsp3) is 0. The van der Waals surface area contributed by atoms with Gasteiger partial charge >= 0.3 is 0 Å². The average Bonchev–Trinajstić information content (AvgIpc) is 3.86. The Hall–Kier alpha value is -9.19. The Morgan fingerprint density at radius 2 is 0.647 bits per heavy atom. The first-order valence-electron chi connectivity index (χ1n) is 22.9. The summed E-state index contributed by atoms with van der Waals surface area (Å²) in [5.74, 6) is 0.609. The van der Waals surface area contributed by atoms with E-state index in [9.17, 15) is 0 Å². The maximum absolute atomic E-state index is 6.68. The smallest absolute Gasteiger partial charge is 0.227 e. The molecule has 0 fully saturated rings. The van der Waals surface area contributed by atoms with E-state index in [-0.39, 0.29) is 0 Å². The van der Waals surface area contributed by atoms with Crippen molar-refractivity contribution in [3.63, 3.8) is 0 Å². The topological polar surface area (TPSA) is 35.8 Å². The Labute approximate surface area is 395 Å². The van der Waals surface area contributed by atoms with Crippen molar-refractivity contribution in [2.24, 2.45) is 0 Å². The number of oxazole rings is 1. The van der Waals surface area contributed by atoms with E-state index in [0.29, 0.717) is 5.89 Å². The third-order valence-corrected chi connectivity index (χ3v) is 12.6. The number of anilines is 9. The van der Waals surface area contributed by atoms with E-state index in [0.717, 1.165) is 89.4 Å². The highest BCUT2D eigenvalue weighted by Crippen LogP contribution is 2.44. The number of fused-ring (bicyclic) bond motifs is 5. The Balaban J connectivity index is 1.03. The van der Waals surface area contributed by atoms with Crippen LogP contribution in [-0.4, -0.2) is 4.98 Å². The zero-order valence-corrected chi connectivity index (χ0v) is 37.1. The standard InChI is InChI=1S/C63H44N4O/c1-6-17-45(18-7-1)46-31-35-53(36-32-46)66(52-25-14-5-15-26-52)56-27-16-28-57(43-56)67(55-40-38-54(39-41-55)65(50-21-10-3-11-22-50)51-23-12-4-13-24-51)58-37-33-47-29-30-48-34-42-60-62(61(48)59(47)44-58)68-63(64-60)49-19-8-2-9-20-49/h1-44H. The van der Waals surface area contributed by atoms with Crippen LogP contribution < -0.4 is 14.7 Å². The van der Waals surface area contributed by atoms with Crippen molar-refractivity contribution in [3.8, 4) is 22.6 Å². The number of aromatic nitrogens is 1. The summed E-state index contributed by atoms with van der Waals surface area (Å²) >= 11 is 0. The molecule has 0 aliphatic carbocycles. The van der Waals surface area contributed by atoms with E-state index >= 15 is 0 Å². The molecular formula is C63H44N4O. The highest BCUT2D eigenvalue weighted by molar-refractivity contribution is 6.18. The van der Waals surface area contributed by atoms with Crippen molar-refractivity contribution in [1.29, 1.82) is 0 Å². The molecule has 1 aromatic heterocycles. The monoisotopic (exact) mass is 872 g/mol. The van der Waals surface area contributed by atoms with Crippen molar-refractivity contribution in [3.05, 3.63) is 267 Å². The van der Waals surface area contributed by atoms with Gasteiger partial charge in [-0.25, -0.2) is 4.98 Å². The second-order valence-electron chi connectivity index (χ2n) is 16.8. The fourth-order valence-corrected chi connectivity index (χ4v) is 9.38. The van der Waals surface area contributed by atoms with E-state index in [2.05, 4.69) is 251 Å². The summed E-state index contributed by atoms with van der Waals surface area (Å²) in [6.45, 7) is 0. The fourth-order valence-electron chi connectivity index (χ4n) is 9.38. The molecule has 322 valence electrons. The van der Waals surface area contributed by atoms with Gasteiger partial charge in [-0.05, 0) is 149 Å². The van der Waals surface area contributed by atoms with Crippen LogP contribution in [0, 0.1) is 0 Å². The Morgan fingerprint density at radius 1 is 0.279 bits per heavy atom. The molecule has 0 saturated heterocycles. The molecule has 12 aromatic rings. The number of hydrogen-bond acceptors (Lipinski definition) is 5. The molecule has 0 aliphatic heterocycles. The van der Waals surface area contributed by atoms with Gasteiger partial charge in [0.2, 0.25) is 5.89 Å². The molecule has 0 atom stereocenters. The van der Waals surface area contributed by atoms with Crippen molar-refractivity contribution in [1.82, 2.24) is 4.98 Å². The van der Waals surface area contributed by atoms with E-state index < -0.39 is 0 Å². The molecule has 12 rings (SSSR count). The van der Waals surface area contributed by atoms with Crippen molar-refractivity contribution in [2.45, 2.75) is 0 Å². The number of rotatable bonds is 11. The van der Waals surface area contributed by atoms with Crippen LogP contribution >= 0.6 is 0 Å². The number of nitrogens with zero attached hydrogens (tertiary/aromatic N) is 4. The molecule has 0 spiro atoms. The van der Waals surface area contributed by atoms with Crippen LogP contribution in [-0.2, 0) is 0 Å². The van der Waals surface area contributed by atoms with E-state index in [1.54, 1.807) is 0 Å². The predicted octanol–water partition coefficient (Wildman–Crippen LogP) is 17.9. The SMILES string of the molecule is c1ccc(-c2ccc(N(c3ccccc3)c3cccc(N(c4ccc(N(c5ccccc5)c5ccccc5)cc4)c4ccc5ccc6ccc7nc(-c8ccccc8)oc7c6c5c4)c3)cc2)cc1. The highest BCUT2D eigenvalue weighted by Gasteiger charge is 2.21. The second-order valence-corrected chi connectivity index (χ2v) is 16.8. The minimum Gasteiger partial charge on any atom is -0.435 e. The van der Waals surface area contributed by atoms with Gasteiger partial charge < -0.3 is 19.1 Å². The number of para-hydroxylation sites is 3. The Kier molecular flexibility index (Phi) is 10.5. The maximum Gasteiger partial charge on any atom is 0.227 e. The van der Waals surface area contributed by atoms with E-state index in [1.165, 1.54) is 11.1 Å². The molecule has 0 aliphatic rings. The van der Waals surface area contributed by atoms with Gasteiger partial charge in [0.25, 0.3) is 0 Å². The summed E-state index contributed by atoms with van der Waals surface area (Å²) in [7, 11) is 0. The zero-order chi connectivity index (χ0) is 45.2. The first-order valence-corrected chi connectivity index (χ1v) is 22.9. The summed E-state index contributed by atoms with van der Waals surface area (Å²) in [4.78, 5) is 12.0. The lowest BCUT2D eigenvalue weighted by Crippen LogP contribution is -2.14. The van der Waals surface area contributed by atoms with Gasteiger partial charge in [-0.15, -0.1) is 0 Å².